The number of carboxylic acids is 1. The van der Waals surface area contributed by atoms with Gasteiger partial charge in [-0.2, -0.15) is 0 Å². The third-order valence-corrected chi connectivity index (χ3v) is 10.2. The molecular formula is C30H40N2O5. The lowest BCUT2D eigenvalue weighted by Crippen LogP contribution is -2.51. The van der Waals surface area contributed by atoms with Crippen molar-refractivity contribution in [2.45, 2.75) is 83.8 Å². The number of aliphatic hydroxyl groups excluding tert-OH is 1. The summed E-state index contributed by atoms with van der Waals surface area (Å²) in [5.74, 6) is 0.403. The first kappa shape index (κ1) is 26.0. The highest BCUT2D eigenvalue weighted by atomic mass is 16.6. The molecule has 7 nitrogen and oxygen atoms in total. The number of benzene rings is 1. The van der Waals surface area contributed by atoms with Gasteiger partial charge in [0, 0.05) is 6.42 Å². The zero-order valence-corrected chi connectivity index (χ0v) is 22.0. The molecule has 0 radical (unpaired) electrons. The Morgan fingerprint density at radius 1 is 1.08 bits per heavy atom. The Morgan fingerprint density at radius 2 is 1.86 bits per heavy atom. The molecule has 1 amide bonds. The van der Waals surface area contributed by atoms with Crippen LogP contribution in [0.2, 0.25) is 0 Å². The molecule has 3 fully saturated rings. The van der Waals surface area contributed by atoms with Crippen molar-refractivity contribution in [1.82, 2.24) is 5.32 Å². The van der Waals surface area contributed by atoms with Crippen LogP contribution in [0.5, 0.6) is 0 Å². The molecule has 1 aromatic rings. The van der Waals surface area contributed by atoms with Crippen LogP contribution in [0.3, 0.4) is 0 Å². The summed E-state index contributed by atoms with van der Waals surface area (Å²) in [6.45, 7) is 4.43. The summed E-state index contributed by atoms with van der Waals surface area (Å²) in [4.78, 5) is 29.4. The molecule has 4 aliphatic rings. The molecule has 0 aliphatic heterocycles. The minimum Gasteiger partial charge on any atom is -0.480 e. The number of nitrogens with one attached hydrogen (secondary N) is 1. The average Bonchev–Trinajstić information content (AvgIpc) is 3.18. The van der Waals surface area contributed by atoms with E-state index in [0.717, 1.165) is 49.8 Å². The lowest BCUT2D eigenvalue weighted by molar-refractivity contribution is -0.142. The minimum atomic E-state index is -1.08. The third-order valence-electron chi connectivity index (χ3n) is 10.2. The van der Waals surface area contributed by atoms with Crippen molar-refractivity contribution >= 4 is 17.6 Å². The molecule has 5 rings (SSSR count). The highest BCUT2D eigenvalue weighted by molar-refractivity contribution is 5.96. The van der Waals surface area contributed by atoms with Crippen LogP contribution in [0.15, 0.2) is 47.1 Å². The second-order valence-corrected chi connectivity index (χ2v) is 12.1. The van der Waals surface area contributed by atoms with E-state index in [1.807, 2.05) is 30.3 Å². The van der Waals surface area contributed by atoms with Gasteiger partial charge in [-0.25, -0.2) is 4.79 Å². The topological polar surface area (TPSA) is 108 Å². The maximum atomic E-state index is 12.4. The number of hydrogen-bond donors (Lipinski definition) is 3. The molecule has 0 unspecified atom stereocenters. The van der Waals surface area contributed by atoms with Crippen molar-refractivity contribution in [2.24, 2.45) is 33.7 Å². The monoisotopic (exact) mass is 508 g/mol. The summed E-state index contributed by atoms with van der Waals surface area (Å²) in [6.07, 6.45) is 10.7. The lowest BCUT2D eigenvalue weighted by Gasteiger charge is -2.57. The molecule has 0 heterocycles. The number of nitrogens with zero attached hydrogens (tertiary/aromatic N) is 1. The molecule has 0 spiro atoms. The molecule has 200 valence electrons. The van der Waals surface area contributed by atoms with Crippen LogP contribution in [0.1, 0.15) is 70.8 Å². The van der Waals surface area contributed by atoms with Gasteiger partial charge in [0.25, 0.3) is 5.91 Å². The Hall–Kier alpha value is -2.67. The van der Waals surface area contributed by atoms with Gasteiger partial charge in [-0.1, -0.05) is 54.9 Å². The molecule has 37 heavy (non-hydrogen) atoms. The largest absolute Gasteiger partial charge is 0.480 e. The van der Waals surface area contributed by atoms with Crippen LogP contribution in [-0.4, -0.2) is 46.6 Å². The van der Waals surface area contributed by atoms with Gasteiger partial charge >= 0.3 is 5.97 Å². The van der Waals surface area contributed by atoms with E-state index in [2.05, 4.69) is 30.4 Å². The Bertz CT molecular complexity index is 1080. The highest BCUT2D eigenvalue weighted by Crippen LogP contribution is 2.65. The van der Waals surface area contributed by atoms with Crippen LogP contribution in [0.25, 0.3) is 0 Å². The van der Waals surface area contributed by atoms with Gasteiger partial charge in [0.05, 0.1) is 11.8 Å². The maximum Gasteiger partial charge on any atom is 0.326 e. The summed E-state index contributed by atoms with van der Waals surface area (Å²) < 4.78 is 0. The van der Waals surface area contributed by atoms with E-state index >= 15 is 0 Å². The Labute approximate surface area is 219 Å². The molecule has 0 bridgehead atoms. The van der Waals surface area contributed by atoms with Gasteiger partial charge in [0.1, 0.15) is 6.04 Å². The molecule has 7 heteroatoms. The van der Waals surface area contributed by atoms with Crippen molar-refractivity contribution in [1.29, 1.82) is 0 Å². The number of amides is 1. The van der Waals surface area contributed by atoms with Gasteiger partial charge < -0.3 is 20.4 Å². The number of rotatable bonds is 7. The van der Waals surface area contributed by atoms with Crippen molar-refractivity contribution in [3.63, 3.8) is 0 Å². The Balaban J connectivity index is 1.18. The number of oxime groups is 1. The third kappa shape index (κ3) is 4.95. The fourth-order valence-corrected chi connectivity index (χ4v) is 8.08. The molecule has 0 aromatic heterocycles. The van der Waals surface area contributed by atoms with Gasteiger partial charge in [-0.3, -0.25) is 4.79 Å². The fourth-order valence-electron chi connectivity index (χ4n) is 8.08. The Kier molecular flexibility index (Phi) is 7.18. The van der Waals surface area contributed by atoms with Gasteiger partial charge in [-0.05, 0) is 91.6 Å². The predicted octanol–water partition coefficient (Wildman–Crippen LogP) is 4.49. The average molecular weight is 509 g/mol. The SMILES string of the molecule is C[C@]12CC[C@H]3[C@@H](CCC4=C/C(=N/OCC(=O)N[C@@H](Cc5ccccc5)C(=O)O)CC[C@@]43C)[C@@H]1CC[C@H]2O. The van der Waals surface area contributed by atoms with Gasteiger partial charge in [0.2, 0.25) is 0 Å². The number of aliphatic hydroxyl groups is 1. The molecule has 1 aromatic carbocycles. The van der Waals surface area contributed by atoms with Crippen LogP contribution >= 0.6 is 0 Å². The number of carboxylic acid groups (broad SMARTS) is 1. The first-order valence-corrected chi connectivity index (χ1v) is 13.8. The van der Waals surface area contributed by atoms with Crippen LogP contribution in [0.4, 0.5) is 0 Å². The second-order valence-electron chi connectivity index (χ2n) is 12.1. The van der Waals surface area contributed by atoms with E-state index < -0.39 is 17.9 Å². The predicted molar refractivity (Wildman–Crippen MR) is 141 cm³/mol. The number of aliphatic carboxylic acids is 1. The van der Waals surface area contributed by atoms with Gasteiger partial charge in [0.15, 0.2) is 6.61 Å². The normalized spacial score (nSPS) is 36.5. The second kappa shape index (κ2) is 10.2. The summed E-state index contributed by atoms with van der Waals surface area (Å²) in [7, 11) is 0. The number of carbonyl (C=O) groups is 2. The van der Waals surface area contributed by atoms with Crippen molar-refractivity contribution in [2.75, 3.05) is 6.61 Å². The summed E-state index contributed by atoms with van der Waals surface area (Å²) in [6, 6.07) is 8.21. The van der Waals surface area contributed by atoms with Crippen molar-refractivity contribution in [3.8, 4) is 0 Å². The van der Waals surface area contributed by atoms with Crippen molar-refractivity contribution < 1.29 is 24.6 Å². The molecule has 0 saturated heterocycles. The van der Waals surface area contributed by atoms with Crippen molar-refractivity contribution in [3.05, 3.63) is 47.5 Å². The molecule has 3 N–H and O–H groups in total. The van der Waals surface area contributed by atoms with E-state index in [9.17, 15) is 19.8 Å². The molecule has 3 saturated carbocycles. The van der Waals surface area contributed by atoms with Crippen LogP contribution in [-0.2, 0) is 20.8 Å². The first-order chi connectivity index (χ1) is 17.7. The van der Waals surface area contributed by atoms with Crippen LogP contribution < -0.4 is 5.32 Å². The molecular weight excluding hydrogens is 468 g/mol. The van der Waals surface area contributed by atoms with Crippen LogP contribution in [0, 0.1) is 28.6 Å². The number of allylic oxidation sites excluding steroid dienone is 2. The standard InChI is InChI=1S/C30H40N2O5/c1-29-14-12-21(32-37-18-27(34)31-25(28(35)36)16-19-6-4-3-5-7-19)17-20(29)8-9-22-23-10-11-26(33)30(23,2)15-13-24(22)29/h3-7,17,22-26,33H,8-16,18H2,1-2H3,(H,31,34)(H,35,36)/b32-21+/t22-,23-,24-,25-,26+,29-,30-/m0/s1. The molecule has 7 atom stereocenters. The van der Waals surface area contributed by atoms with E-state index in [4.69, 9.17) is 4.84 Å². The lowest BCUT2D eigenvalue weighted by atomic mass is 9.47. The van der Waals surface area contributed by atoms with E-state index in [1.54, 1.807) is 0 Å². The van der Waals surface area contributed by atoms with E-state index in [1.165, 1.54) is 18.4 Å². The first-order valence-electron chi connectivity index (χ1n) is 13.8. The highest BCUT2D eigenvalue weighted by Gasteiger charge is 2.58. The smallest absolute Gasteiger partial charge is 0.326 e. The molecule has 4 aliphatic carbocycles. The number of carbonyl (C=O) groups excluding carboxylic acids is 1. The minimum absolute atomic E-state index is 0.0924. The fraction of sp³-hybridized carbons (Fsp3) is 0.633. The van der Waals surface area contributed by atoms with Gasteiger partial charge in [-0.15, -0.1) is 0 Å². The summed E-state index contributed by atoms with van der Waals surface area (Å²) in [5, 5.41) is 27.0. The zero-order valence-electron chi connectivity index (χ0n) is 22.0. The number of hydrogen-bond acceptors (Lipinski definition) is 5. The van der Waals surface area contributed by atoms with E-state index in [0.29, 0.717) is 17.8 Å². The quantitative estimate of drug-likeness (QED) is 0.470. The summed E-state index contributed by atoms with van der Waals surface area (Å²) >= 11 is 0. The summed E-state index contributed by atoms with van der Waals surface area (Å²) in [5.41, 5.74) is 3.40. The van der Waals surface area contributed by atoms with E-state index in [-0.39, 0.29) is 30.0 Å². The zero-order chi connectivity index (χ0) is 26.2. The number of fused-ring (bicyclic) bond motifs is 5. The maximum absolute atomic E-state index is 12.4. The Morgan fingerprint density at radius 3 is 2.62 bits per heavy atom.